The van der Waals surface area contributed by atoms with Gasteiger partial charge in [-0.3, -0.25) is 9.36 Å². The van der Waals surface area contributed by atoms with Gasteiger partial charge in [0, 0.05) is 17.7 Å². The number of Topliss-reactive ketones (excluding diaryl/α,β-unsaturated/α-hetero) is 1. The predicted octanol–water partition coefficient (Wildman–Crippen LogP) is 5.08. The van der Waals surface area contributed by atoms with Crippen molar-refractivity contribution < 1.29 is 9.18 Å². The van der Waals surface area contributed by atoms with Crippen molar-refractivity contribution in [1.29, 1.82) is 0 Å². The highest BCUT2D eigenvalue weighted by molar-refractivity contribution is 5.98. The van der Waals surface area contributed by atoms with Crippen molar-refractivity contribution >= 4 is 5.78 Å². The molecule has 0 amide bonds. The molecule has 1 aromatic heterocycles. The fraction of sp³-hybridized carbons (Fsp3) is 0.318. The normalized spacial score (nSPS) is 14.3. The van der Waals surface area contributed by atoms with Crippen LogP contribution in [0.3, 0.4) is 0 Å². The van der Waals surface area contributed by atoms with Crippen molar-refractivity contribution in [3.8, 4) is 16.8 Å². The molecule has 2 aromatic carbocycles. The number of nitrogens with zero attached hydrogens (tertiary/aromatic N) is 3. The van der Waals surface area contributed by atoms with Crippen LogP contribution in [0.4, 0.5) is 4.39 Å². The summed E-state index contributed by atoms with van der Waals surface area (Å²) in [6.07, 6.45) is 6.15. The fourth-order valence-corrected chi connectivity index (χ4v) is 3.59. The summed E-state index contributed by atoms with van der Waals surface area (Å²) < 4.78 is 15.1. The van der Waals surface area contributed by atoms with Gasteiger partial charge < -0.3 is 0 Å². The lowest BCUT2D eigenvalue weighted by atomic mass is 9.80. The van der Waals surface area contributed by atoms with Crippen LogP contribution in [0.2, 0.25) is 0 Å². The number of rotatable bonds is 6. The summed E-state index contributed by atoms with van der Waals surface area (Å²) in [6.45, 7) is 4.35. The Bertz CT molecular complexity index is 958. The van der Waals surface area contributed by atoms with Crippen molar-refractivity contribution in [3.63, 3.8) is 0 Å². The van der Waals surface area contributed by atoms with E-state index < -0.39 is 0 Å². The van der Waals surface area contributed by atoms with Crippen LogP contribution >= 0.6 is 0 Å². The lowest BCUT2D eigenvalue weighted by molar-refractivity contribution is 0.0917. The molecule has 1 aliphatic carbocycles. The first-order valence-corrected chi connectivity index (χ1v) is 9.22. The molecule has 0 aliphatic heterocycles. The molecule has 1 saturated carbocycles. The van der Waals surface area contributed by atoms with Crippen molar-refractivity contribution in [1.82, 2.24) is 14.8 Å². The molecule has 0 atom stereocenters. The molecule has 1 fully saturated rings. The van der Waals surface area contributed by atoms with E-state index in [2.05, 4.69) is 24.0 Å². The summed E-state index contributed by atoms with van der Waals surface area (Å²) in [6, 6.07) is 12.0. The van der Waals surface area contributed by atoms with Gasteiger partial charge in [-0.05, 0) is 65.6 Å². The number of aromatic nitrogens is 3. The third-order valence-corrected chi connectivity index (χ3v) is 5.43. The van der Waals surface area contributed by atoms with E-state index in [9.17, 15) is 9.18 Å². The van der Waals surface area contributed by atoms with Crippen LogP contribution < -0.4 is 0 Å². The summed E-state index contributed by atoms with van der Waals surface area (Å²) in [7, 11) is 0. The molecule has 4 nitrogen and oxygen atoms in total. The van der Waals surface area contributed by atoms with E-state index in [1.54, 1.807) is 29.4 Å². The van der Waals surface area contributed by atoms with Gasteiger partial charge in [-0.1, -0.05) is 26.0 Å². The maximum Gasteiger partial charge on any atom is 0.163 e. The van der Waals surface area contributed by atoms with Gasteiger partial charge >= 0.3 is 0 Å². The van der Waals surface area contributed by atoms with Gasteiger partial charge in [-0.15, -0.1) is 10.2 Å². The lowest BCUT2D eigenvalue weighted by Gasteiger charge is -2.23. The number of carbonyl (C=O) groups is 1. The molecule has 3 aromatic rings. The predicted molar refractivity (Wildman–Crippen MR) is 102 cm³/mol. The van der Waals surface area contributed by atoms with E-state index in [1.165, 1.54) is 25.0 Å². The monoisotopic (exact) mass is 363 g/mol. The van der Waals surface area contributed by atoms with Crippen LogP contribution in [0.1, 0.15) is 43.5 Å². The average molecular weight is 363 g/mol. The summed E-state index contributed by atoms with van der Waals surface area (Å²) in [5.41, 5.74) is 3.22. The van der Waals surface area contributed by atoms with Gasteiger partial charge in [0.1, 0.15) is 18.5 Å². The number of halogens is 1. The Kier molecular flexibility index (Phi) is 4.38. The molecule has 5 heteroatoms. The first kappa shape index (κ1) is 17.6. The second-order valence-electron chi connectivity index (χ2n) is 8.01. The lowest BCUT2D eigenvalue weighted by Crippen LogP contribution is -2.19. The van der Waals surface area contributed by atoms with Crippen LogP contribution in [-0.4, -0.2) is 20.5 Å². The minimum absolute atomic E-state index is 0.0136. The first-order valence-electron chi connectivity index (χ1n) is 9.22. The summed E-state index contributed by atoms with van der Waals surface area (Å²) in [4.78, 5) is 13.1. The van der Waals surface area contributed by atoms with Gasteiger partial charge in [-0.25, -0.2) is 4.39 Å². The minimum atomic E-state index is -0.281. The Morgan fingerprint density at radius 2 is 1.74 bits per heavy atom. The third kappa shape index (κ3) is 3.82. The Morgan fingerprint density at radius 1 is 1.07 bits per heavy atom. The van der Waals surface area contributed by atoms with Crippen LogP contribution in [0, 0.1) is 17.2 Å². The highest BCUT2D eigenvalue weighted by Gasteiger charge is 2.39. The Hall–Kier alpha value is -2.82. The molecule has 4 rings (SSSR count). The van der Waals surface area contributed by atoms with Crippen molar-refractivity contribution in [2.75, 3.05) is 0 Å². The van der Waals surface area contributed by atoms with Crippen LogP contribution in [-0.2, 0) is 0 Å². The topological polar surface area (TPSA) is 47.8 Å². The van der Waals surface area contributed by atoms with Gasteiger partial charge in [0.25, 0.3) is 0 Å². The fourth-order valence-electron chi connectivity index (χ4n) is 3.59. The van der Waals surface area contributed by atoms with E-state index in [0.717, 1.165) is 16.8 Å². The van der Waals surface area contributed by atoms with Gasteiger partial charge in [-0.2, -0.15) is 0 Å². The molecule has 0 saturated heterocycles. The SMILES string of the molecule is CC(C)(CC(=O)c1cc(-c2ccc(F)cc2)cc(-n2cnnc2)c1)C1CC1. The Labute approximate surface area is 158 Å². The molecule has 0 spiro atoms. The molecular weight excluding hydrogens is 341 g/mol. The smallest absolute Gasteiger partial charge is 0.163 e. The first-order chi connectivity index (χ1) is 12.9. The highest BCUT2D eigenvalue weighted by atomic mass is 19.1. The number of ketones is 1. The number of benzene rings is 2. The summed E-state index contributed by atoms with van der Waals surface area (Å²) in [5, 5.41) is 7.71. The third-order valence-electron chi connectivity index (χ3n) is 5.43. The zero-order valence-electron chi connectivity index (χ0n) is 15.5. The van der Waals surface area contributed by atoms with Gasteiger partial charge in [0.15, 0.2) is 5.78 Å². The second-order valence-corrected chi connectivity index (χ2v) is 8.01. The van der Waals surface area contributed by atoms with Gasteiger partial charge in [0.2, 0.25) is 0 Å². The molecule has 138 valence electrons. The maximum atomic E-state index is 13.3. The number of carbonyl (C=O) groups excluding carboxylic acids is 1. The molecule has 0 bridgehead atoms. The van der Waals surface area contributed by atoms with E-state index in [-0.39, 0.29) is 17.0 Å². The van der Waals surface area contributed by atoms with Crippen molar-refractivity contribution in [3.05, 3.63) is 66.5 Å². The highest BCUT2D eigenvalue weighted by Crippen LogP contribution is 2.47. The molecule has 27 heavy (non-hydrogen) atoms. The standard InChI is InChI=1S/C22H22FN3O/c1-22(2,18-5-6-18)12-21(27)17-9-16(15-3-7-19(23)8-4-15)10-20(11-17)26-13-24-25-14-26/h3-4,7-11,13-14,18H,5-6,12H2,1-2H3. The molecule has 0 unspecified atom stereocenters. The molecule has 1 aliphatic rings. The minimum Gasteiger partial charge on any atom is -0.294 e. The molecular formula is C22H22FN3O. The summed E-state index contributed by atoms with van der Waals surface area (Å²) in [5.74, 6) is 0.487. The Balaban J connectivity index is 1.73. The van der Waals surface area contributed by atoms with Crippen molar-refractivity contribution in [2.24, 2.45) is 11.3 Å². The van der Waals surface area contributed by atoms with E-state index in [0.29, 0.717) is 17.9 Å². The zero-order valence-corrected chi connectivity index (χ0v) is 15.5. The quantitative estimate of drug-likeness (QED) is 0.574. The number of hydrogen-bond donors (Lipinski definition) is 0. The van der Waals surface area contributed by atoms with Crippen molar-refractivity contribution in [2.45, 2.75) is 33.1 Å². The molecule has 0 radical (unpaired) electrons. The van der Waals surface area contributed by atoms with Crippen LogP contribution in [0.5, 0.6) is 0 Å². The maximum absolute atomic E-state index is 13.3. The van der Waals surface area contributed by atoms with Gasteiger partial charge in [0.05, 0.1) is 0 Å². The Morgan fingerprint density at radius 3 is 2.37 bits per heavy atom. The van der Waals surface area contributed by atoms with Crippen LogP contribution in [0.15, 0.2) is 55.1 Å². The second kappa shape index (κ2) is 6.72. The molecule has 0 N–H and O–H groups in total. The average Bonchev–Trinajstić information content (AvgIpc) is 3.38. The number of hydrogen-bond acceptors (Lipinski definition) is 3. The van der Waals surface area contributed by atoms with Crippen LogP contribution in [0.25, 0.3) is 16.8 Å². The summed E-state index contributed by atoms with van der Waals surface area (Å²) >= 11 is 0. The van der Waals surface area contributed by atoms with E-state index in [4.69, 9.17) is 0 Å². The van der Waals surface area contributed by atoms with E-state index in [1.807, 2.05) is 18.2 Å². The largest absolute Gasteiger partial charge is 0.294 e. The van der Waals surface area contributed by atoms with E-state index >= 15 is 0 Å². The zero-order chi connectivity index (χ0) is 19.0. The molecule has 1 heterocycles.